The van der Waals surface area contributed by atoms with Crippen molar-refractivity contribution in [2.45, 2.75) is 46.1 Å². The molecule has 1 unspecified atom stereocenters. The summed E-state index contributed by atoms with van der Waals surface area (Å²) < 4.78 is 0. The summed E-state index contributed by atoms with van der Waals surface area (Å²) in [4.78, 5) is 2.72. The molecule has 1 N–H and O–H groups in total. The highest BCUT2D eigenvalue weighted by Crippen LogP contribution is 2.33. The third-order valence-corrected chi connectivity index (χ3v) is 3.88. The topological polar surface area (TPSA) is 15.3 Å². The molecule has 1 heterocycles. The molecule has 0 aromatic heterocycles. The molecule has 88 valence electrons. The van der Waals surface area contributed by atoms with Gasteiger partial charge >= 0.3 is 0 Å². The summed E-state index contributed by atoms with van der Waals surface area (Å²) in [6, 6.07) is 0.727. The van der Waals surface area contributed by atoms with E-state index in [0.717, 1.165) is 12.0 Å². The Kier molecular flexibility index (Phi) is 3.36. The fourth-order valence-electron chi connectivity index (χ4n) is 2.62. The first-order chi connectivity index (χ1) is 7.07. The monoisotopic (exact) mass is 210 g/mol. The van der Waals surface area contributed by atoms with Gasteiger partial charge < -0.3 is 5.32 Å². The quantitative estimate of drug-likeness (QED) is 0.767. The molecule has 0 amide bonds. The number of hydrogen-bond donors (Lipinski definition) is 1. The molecular weight excluding hydrogens is 184 g/mol. The highest BCUT2D eigenvalue weighted by atomic mass is 15.2. The molecule has 1 aliphatic heterocycles. The fraction of sp³-hybridized carbons (Fsp3) is 1.00. The number of nitrogens with zero attached hydrogens (tertiary/aromatic N) is 1. The smallest absolute Gasteiger partial charge is 0.0269 e. The first-order valence-electron chi connectivity index (χ1n) is 6.52. The molecule has 15 heavy (non-hydrogen) atoms. The normalized spacial score (nSPS) is 29.4. The van der Waals surface area contributed by atoms with Gasteiger partial charge in [0.2, 0.25) is 0 Å². The highest BCUT2D eigenvalue weighted by Gasteiger charge is 2.33. The van der Waals surface area contributed by atoms with Crippen molar-refractivity contribution in [3.8, 4) is 0 Å². The zero-order chi connectivity index (χ0) is 10.9. The Morgan fingerprint density at radius 3 is 2.60 bits per heavy atom. The van der Waals surface area contributed by atoms with Crippen LogP contribution < -0.4 is 5.32 Å². The van der Waals surface area contributed by atoms with Gasteiger partial charge in [0.15, 0.2) is 0 Å². The van der Waals surface area contributed by atoms with Gasteiger partial charge in [-0.25, -0.2) is 0 Å². The molecule has 2 fully saturated rings. The predicted molar refractivity (Wildman–Crippen MR) is 65.0 cm³/mol. The molecule has 1 saturated heterocycles. The summed E-state index contributed by atoms with van der Waals surface area (Å²) in [6.45, 7) is 12.0. The van der Waals surface area contributed by atoms with E-state index >= 15 is 0 Å². The zero-order valence-corrected chi connectivity index (χ0v) is 10.6. The summed E-state index contributed by atoms with van der Waals surface area (Å²) >= 11 is 0. The van der Waals surface area contributed by atoms with Gasteiger partial charge in [0.05, 0.1) is 0 Å². The summed E-state index contributed by atoms with van der Waals surface area (Å²) in [6.07, 6.45) is 4.42. The molecule has 1 aliphatic carbocycles. The largest absolute Gasteiger partial charge is 0.314 e. The van der Waals surface area contributed by atoms with Crippen LogP contribution in [0, 0.1) is 11.3 Å². The summed E-state index contributed by atoms with van der Waals surface area (Å²) in [5.41, 5.74) is 0.414. The van der Waals surface area contributed by atoms with Crippen LogP contribution in [0.3, 0.4) is 0 Å². The second-order valence-corrected chi connectivity index (χ2v) is 6.35. The van der Waals surface area contributed by atoms with Gasteiger partial charge in [0.25, 0.3) is 0 Å². The summed E-state index contributed by atoms with van der Waals surface area (Å²) in [5.74, 6) is 1.07. The van der Waals surface area contributed by atoms with Crippen LogP contribution in [-0.2, 0) is 0 Å². The minimum absolute atomic E-state index is 0.414. The number of nitrogens with one attached hydrogen (secondary N) is 1. The fourth-order valence-corrected chi connectivity index (χ4v) is 2.62. The van der Waals surface area contributed by atoms with Crippen molar-refractivity contribution >= 4 is 0 Å². The summed E-state index contributed by atoms with van der Waals surface area (Å²) in [7, 11) is 0. The van der Waals surface area contributed by atoms with E-state index in [1.54, 1.807) is 0 Å². The Bertz CT molecular complexity index is 203. The van der Waals surface area contributed by atoms with Crippen LogP contribution in [0.2, 0.25) is 0 Å². The van der Waals surface area contributed by atoms with Crippen LogP contribution >= 0.6 is 0 Å². The second-order valence-electron chi connectivity index (χ2n) is 6.35. The maximum atomic E-state index is 3.53. The Balaban J connectivity index is 1.86. The molecule has 2 aliphatic rings. The maximum Gasteiger partial charge on any atom is 0.0269 e. The van der Waals surface area contributed by atoms with E-state index in [2.05, 4.69) is 31.0 Å². The standard InChI is InChI=1S/C13H26N2/c1-13(2,3)12-10-14-7-9-15(12)8-6-11-4-5-11/h11-12,14H,4-10H2,1-3H3. The van der Waals surface area contributed by atoms with E-state index in [-0.39, 0.29) is 0 Å². The van der Waals surface area contributed by atoms with Crippen molar-refractivity contribution in [2.24, 2.45) is 11.3 Å². The SMILES string of the molecule is CC(C)(C)C1CNCCN1CCC1CC1. The minimum atomic E-state index is 0.414. The lowest BCUT2D eigenvalue weighted by Crippen LogP contribution is -2.56. The van der Waals surface area contributed by atoms with Crippen LogP contribution in [0.1, 0.15) is 40.0 Å². The van der Waals surface area contributed by atoms with Crippen molar-refractivity contribution < 1.29 is 0 Å². The molecular formula is C13H26N2. The van der Waals surface area contributed by atoms with Crippen molar-refractivity contribution in [1.29, 1.82) is 0 Å². The van der Waals surface area contributed by atoms with E-state index in [1.165, 1.54) is 45.4 Å². The van der Waals surface area contributed by atoms with Gasteiger partial charge in [0.1, 0.15) is 0 Å². The first-order valence-corrected chi connectivity index (χ1v) is 6.52. The average molecular weight is 210 g/mol. The van der Waals surface area contributed by atoms with Crippen LogP contribution in [0.5, 0.6) is 0 Å². The Labute approximate surface area is 94.4 Å². The van der Waals surface area contributed by atoms with Crippen LogP contribution in [0.25, 0.3) is 0 Å². The van der Waals surface area contributed by atoms with E-state index in [9.17, 15) is 0 Å². The molecule has 0 radical (unpaired) electrons. The molecule has 2 nitrogen and oxygen atoms in total. The van der Waals surface area contributed by atoms with E-state index in [4.69, 9.17) is 0 Å². The van der Waals surface area contributed by atoms with Gasteiger partial charge in [-0.2, -0.15) is 0 Å². The zero-order valence-electron chi connectivity index (χ0n) is 10.6. The molecule has 0 bridgehead atoms. The van der Waals surface area contributed by atoms with E-state index in [1.807, 2.05) is 0 Å². The van der Waals surface area contributed by atoms with Gasteiger partial charge in [-0.3, -0.25) is 4.90 Å². The predicted octanol–water partition coefficient (Wildman–Crippen LogP) is 2.11. The van der Waals surface area contributed by atoms with Crippen LogP contribution in [0.4, 0.5) is 0 Å². The molecule has 2 rings (SSSR count). The number of hydrogen-bond acceptors (Lipinski definition) is 2. The Morgan fingerprint density at radius 1 is 1.27 bits per heavy atom. The van der Waals surface area contributed by atoms with E-state index in [0.29, 0.717) is 5.41 Å². The van der Waals surface area contributed by atoms with Crippen molar-refractivity contribution in [1.82, 2.24) is 10.2 Å². The van der Waals surface area contributed by atoms with E-state index < -0.39 is 0 Å². The van der Waals surface area contributed by atoms with Gasteiger partial charge in [-0.05, 0) is 24.3 Å². The first kappa shape index (κ1) is 11.4. The molecule has 0 aromatic rings. The number of rotatable bonds is 3. The molecule has 1 atom stereocenters. The third kappa shape index (κ3) is 3.18. The second kappa shape index (κ2) is 4.42. The lowest BCUT2D eigenvalue weighted by Gasteiger charge is -2.43. The minimum Gasteiger partial charge on any atom is -0.314 e. The van der Waals surface area contributed by atoms with Crippen LogP contribution in [0.15, 0.2) is 0 Å². The third-order valence-electron chi connectivity index (χ3n) is 3.88. The molecule has 1 saturated carbocycles. The highest BCUT2D eigenvalue weighted by molar-refractivity contribution is 4.89. The Morgan fingerprint density at radius 2 is 2.00 bits per heavy atom. The lowest BCUT2D eigenvalue weighted by molar-refractivity contribution is 0.0731. The molecule has 2 heteroatoms. The number of piperazine rings is 1. The molecule has 0 aromatic carbocycles. The van der Waals surface area contributed by atoms with Gasteiger partial charge in [-0.1, -0.05) is 33.6 Å². The molecule has 0 spiro atoms. The van der Waals surface area contributed by atoms with Crippen molar-refractivity contribution in [3.05, 3.63) is 0 Å². The van der Waals surface area contributed by atoms with Crippen molar-refractivity contribution in [3.63, 3.8) is 0 Å². The summed E-state index contributed by atoms with van der Waals surface area (Å²) in [5, 5.41) is 3.53. The lowest BCUT2D eigenvalue weighted by atomic mass is 9.84. The van der Waals surface area contributed by atoms with Gasteiger partial charge in [-0.15, -0.1) is 0 Å². The average Bonchev–Trinajstić information content (AvgIpc) is 2.97. The van der Waals surface area contributed by atoms with Crippen molar-refractivity contribution in [2.75, 3.05) is 26.2 Å². The maximum absolute atomic E-state index is 3.53. The Hall–Kier alpha value is -0.0800. The van der Waals surface area contributed by atoms with Crippen LogP contribution in [-0.4, -0.2) is 37.1 Å². The van der Waals surface area contributed by atoms with Gasteiger partial charge in [0, 0.05) is 25.7 Å².